The minimum atomic E-state index is -4.05. The van der Waals surface area contributed by atoms with Crippen molar-refractivity contribution in [1.82, 2.24) is 9.55 Å². The van der Waals surface area contributed by atoms with Gasteiger partial charge >= 0.3 is 0 Å². The fourth-order valence-electron chi connectivity index (χ4n) is 1.33. The van der Waals surface area contributed by atoms with Crippen LogP contribution in [0.25, 0.3) is 0 Å². The van der Waals surface area contributed by atoms with Gasteiger partial charge in [0.05, 0.1) is 16.5 Å². The Hall–Kier alpha value is -1.48. The summed E-state index contributed by atoms with van der Waals surface area (Å²) in [5.41, 5.74) is -0.480. The molecule has 0 fully saturated rings. The molecule has 0 atom stereocenters. The molecule has 19 heavy (non-hydrogen) atoms. The van der Waals surface area contributed by atoms with Gasteiger partial charge in [0, 0.05) is 19.3 Å². The van der Waals surface area contributed by atoms with Crippen LogP contribution in [0.3, 0.4) is 0 Å². The summed E-state index contributed by atoms with van der Waals surface area (Å²) >= 11 is 2.80. The number of benzene rings is 1. The highest BCUT2D eigenvalue weighted by Gasteiger charge is 2.20. The van der Waals surface area contributed by atoms with Crippen LogP contribution in [0, 0.1) is 11.6 Å². The number of hydrogen-bond donors (Lipinski definition) is 1. The third kappa shape index (κ3) is 2.92. The van der Waals surface area contributed by atoms with Crippen molar-refractivity contribution in [3.63, 3.8) is 0 Å². The topological polar surface area (TPSA) is 64.0 Å². The van der Waals surface area contributed by atoms with Crippen molar-refractivity contribution in [2.75, 3.05) is 4.72 Å². The first-order valence-corrected chi connectivity index (χ1v) is 7.22. The summed E-state index contributed by atoms with van der Waals surface area (Å²) in [7, 11) is -2.46. The molecule has 0 aliphatic carbocycles. The van der Waals surface area contributed by atoms with Crippen LogP contribution in [0.5, 0.6) is 0 Å². The van der Waals surface area contributed by atoms with Crippen LogP contribution >= 0.6 is 15.9 Å². The number of rotatable bonds is 3. The Morgan fingerprint density at radius 2 is 2.00 bits per heavy atom. The average molecular weight is 352 g/mol. The van der Waals surface area contributed by atoms with Gasteiger partial charge in [0.1, 0.15) is 11.6 Å². The molecular weight excluding hydrogens is 344 g/mol. The number of anilines is 1. The SMILES string of the molecule is Cn1cnc(S(=O)(=O)Nc2cc(F)c(Br)cc2F)c1. The molecule has 2 rings (SSSR count). The molecule has 1 N–H and O–H groups in total. The molecule has 0 saturated carbocycles. The van der Waals surface area contributed by atoms with Crippen molar-refractivity contribution in [3.8, 4) is 0 Å². The Morgan fingerprint density at radius 3 is 2.58 bits per heavy atom. The second-order valence-electron chi connectivity index (χ2n) is 3.73. The maximum Gasteiger partial charge on any atom is 0.281 e. The lowest BCUT2D eigenvalue weighted by atomic mass is 10.3. The van der Waals surface area contributed by atoms with Crippen molar-refractivity contribution in [3.05, 3.63) is 40.8 Å². The number of nitrogens with one attached hydrogen (secondary N) is 1. The summed E-state index contributed by atoms with van der Waals surface area (Å²) in [4.78, 5) is 3.64. The molecular formula is C10H8BrF2N3O2S. The van der Waals surface area contributed by atoms with E-state index in [2.05, 4.69) is 20.9 Å². The highest BCUT2D eigenvalue weighted by molar-refractivity contribution is 9.10. The number of halogens is 3. The molecule has 0 aliphatic rings. The molecule has 9 heteroatoms. The van der Waals surface area contributed by atoms with Gasteiger partial charge in [-0.05, 0) is 22.0 Å². The van der Waals surface area contributed by atoms with Gasteiger partial charge in [-0.25, -0.2) is 13.8 Å². The number of sulfonamides is 1. The minimum Gasteiger partial charge on any atom is -0.339 e. The Bertz CT molecular complexity index is 730. The van der Waals surface area contributed by atoms with Gasteiger partial charge in [-0.1, -0.05) is 0 Å². The number of hydrogen-bond acceptors (Lipinski definition) is 3. The third-order valence-electron chi connectivity index (χ3n) is 2.21. The molecule has 0 aliphatic heterocycles. The minimum absolute atomic E-state index is 0.0919. The first-order chi connectivity index (χ1) is 8.79. The van der Waals surface area contributed by atoms with Crippen LogP contribution in [-0.4, -0.2) is 18.0 Å². The highest BCUT2D eigenvalue weighted by Crippen LogP contribution is 2.25. The Balaban J connectivity index is 2.38. The van der Waals surface area contributed by atoms with Gasteiger partial charge in [-0.2, -0.15) is 8.42 Å². The number of aryl methyl sites for hydroxylation is 1. The fraction of sp³-hybridized carbons (Fsp3) is 0.100. The summed E-state index contributed by atoms with van der Waals surface area (Å²) in [5, 5.41) is -0.280. The summed E-state index contributed by atoms with van der Waals surface area (Å²) in [6, 6.07) is 1.59. The first-order valence-electron chi connectivity index (χ1n) is 4.95. The van der Waals surface area contributed by atoms with E-state index >= 15 is 0 Å². The summed E-state index contributed by atoms with van der Waals surface area (Å²) in [6.07, 6.45) is 2.53. The smallest absolute Gasteiger partial charge is 0.281 e. The van der Waals surface area contributed by atoms with Crippen molar-refractivity contribution in [1.29, 1.82) is 0 Å². The van der Waals surface area contributed by atoms with E-state index in [4.69, 9.17) is 0 Å². The number of aromatic nitrogens is 2. The number of imidazole rings is 1. The van der Waals surface area contributed by atoms with E-state index in [1.807, 2.05) is 4.72 Å². The monoisotopic (exact) mass is 351 g/mol. The zero-order valence-electron chi connectivity index (χ0n) is 9.56. The van der Waals surface area contributed by atoms with Crippen LogP contribution in [0.4, 0.5) is 14.5 Å². The van der Waals surface area contributed by atoms with E-state index in [-0.39, 0.29) is 9.50 Å². The lowest BCUT2D eigenvalue weighted by molar-refractivity contribution is 0.590. The lowest BCUT2D eigenvalue weighted by Gasteiger charge is -2.07. The van der Waals surface area contributed by atoms with Crippen molar-refractivity contribution in [2.45, 2.75) is 5.03 Å². The predicted octanol–water partition coefficient (Wildman–Crippen LogP) is 2.26. The molecule has 0 unspecified atom stereocenters. The Morgan fingerprint density at radius 1 is 1.32 bits per heavy atom. The summed E-state index contributed by atoms with van der Waals surface area (Å²) < 4.78 is 53.8. The van der Waals surface area contributed by atoms with Crippen LogP contribution in [-0.2, 0) is 17.1 Å². The van der Waals surface area contributed by atoms with Crippen LogP contribution in [0.15, 0.2) is 34.2 Å². The van der Waals surface area contributed by atoms with Crippen molar-refractivity contribution >= 4 is 31.6 Å². The predicted molar refractivity (Wildman–Crippen MR) is 68.1 cm³/mol. The maximum absolute atomic E-state index is 13.5. The average Bonchev–Trinajstić information content (AvgIpc) is 2.73. The number of nitrogens with zero attached hydrogens (tertiary/aromatic N) is 2. The third-order valence-corrected chi connectivity index (χ3v) is 4.07. The fourth-order valence-corrected chi connectivity index (χ4v) is 2.68. The van der Waals surface area contributed by atoms with Gasteiger partial charge in [0.25, 0.3) is 10.0 Å². The van der Waals surface area contributed by atoms with Gasteiger partial charge in [0.2, 0.25) is 0 Å². The standard InChI is InChI=1S/C10H8BrF2N3O2S/c1-16-4-10(14-5-16)19(17,18)15-9-3-7(12)6(11)2-8(9)13/h2-5,15H,1H3. The van der Waals surface area contributed by atoms with Gasteiger partial charge in [-0.15, -0.1) is 0 Å². The highest BCUT2D eigenvalue weighted by atomic mass is 79.9. The zero-order chi connectivity index (χ0) is 14.2. The van der Waals surface area contributed by atoms with Crippen LogP contribution in [0.1, 0.15) is 0 Å². The molecule has 0 bridgehead atoms. The van der Waals surface area contributed by atoms with Gasteiger partial charge in [-0.3, -0.25) is 4.72 Å². The van der Waals surface area contributed by atoms with Crippen molar-refractivity contribution in [2.24, 2.45) is 7.05 Å². The molecule has 0 radical (unpaired) electrons. The second kappa shape index (κ2) is 4.89. The zero-order valence-corrected chi connectivity index (χ0v) is 12.0. The van der Waals surface area contributed by atoms with E-state index < -0.39 is 27.3 Å². The molecule has 0 amide bonds. The van der Waals surface area contributed by atoms with Gasteiger partial charge in [0.15, 0.2) is 5.03 Å². The molecule has 1 aromatic heterocycles. The lowest BCUT2D eigenvalue weighted by Crippen LogP contribution is -2.14. The molecule has 1 aromatic carbocycles. The molecule has 1 heterocycles. The van der Waals surface area contributed by atoms with Crippen LogP contribution in [0.2, 0.25) is 0 Å². The van der Waals surface area contributed by atoms with Gasteiger partial charge < -0.3 is 4.57 Å². The van der Waals surface area contributed by atoms with E-state index in [0.29, 0.717) is 0 Å². The normalized spacial score (nSPS) is 11.6. The largest absolute Gasteiger partial charge is 0.339 e. The van der Waals surface area contributed by atoms with E-state index in [1.165, 1.54) is 17.1 Å². The maximum atomic E-state index is 13.5. The molecule has 2 aromatic rings. The Kier molecular flexibility index (Phi) is 3.59. The quantitative estimate of drug-likeness (QED) is 0.862. The van der Waals surface area contributed by atoms with E-state index in [0.717, 1.165) is 12.1 Å². The van der Waals surface area contributed by atoms with Crippen LogP contribution < -0.4 is 4.72 Å². The molecule has 0 spiro atoms. The second-order valence-corrected chi connectivity index (χ2v) is 6.21. The molecule has 0 saturated heterocycles. The summed E-state index contributed by atoms with van der Waals surface area (Å²) in [6.45, 7) is 0. The Labute approximate surface area is 116 Å². The molecule has 102 valence electrons. The summed E-state index contributed by atoms with van der Waals surface area (Å²) in [5.74, 6) is -1.67. The van der Waals surface area contributed by atoms with E-state index in [9.17, 15) is 17.2 Å². The van der Waals surface area contributed by atoms with E-state index in [1.54, 1.807) is 7.05 Å². The first kappa shape index (κ1) is 13.9. The molecule has 5 nitrogen and oxygen atoms in total. The van der Waals surface area contributed by atoms with Crippen molar-refractivity contribution < 1.29 is 17.2 Å².